The molecule has 0 bridgehead atoms. The summed E-state index contributed by atoms with van der Waals surface area (Å²) in [6.45, 7) is 15.8. The largest absolute Gasteiger partial charge is 0.444 e. The van der Waals surface area contributed by atoms with Gasteiger partial charge in [0.05, 0.1) is 6.04 Å². The van der Waals surface area contributed by atoms with E-state index in [4.69, 9.17) is 27.9 Å². The molecule has 0 radical (unpaired) electrons. The third kappa shape index (κ3) is 8.39. The molecule has 2 aliphatic rings. The number of hydrogen-bond donors (Lipinski definition) is 0. The minimum absolute atomic E-state index is 0.0313. The van der Waals surface area contributed by atoms with Crippen LogP contribution in [0.25, 0.3) is 0 Å². The molecule has 1 atom stereocenters. The van der Waals surface area contributed by atoms with Crippen molar-refractivity contribution in [3.8, 4) is 0 Å². The smallest absolute Gasteiger partial charge is 0.410 e. The molecule has 8 heteroatoms. The summed E-state index contributed by atoms with van der Waals surface area (Å²) in [6, 6.07) is 16.2. The Balaban J connectivity index is 1.46. The summed E-state index contributed by atoms with van der Waals surface area (Å²) in [7, 11) is 0. The third-order valence-electron chi connectivity index (χ3n) is 8.20. The summed E-state index contributed by atoms with van der Waals surface area (Å²) in [5.74, 6) is 0.491. The maximum absolute atomic E-state index is 13.8. The zero-order valence-corrected chi connectivity index (χ0v) is 26.8. The number of carbonyl (C=O) groups excluding carboxylic acids is 2. The Morgan fingerprint density at radius 2 is 1.34 bits per heavy atom. The lowest BCUT2D eigenvalue weighted by atomic mass is 9.82. The second kappa shape index (κ2) is 12.9. The minimum Gasteiger partial charge on any atom is -0.444 e. The molecule has 2 aliphatic heterocycles. The number of nitrogens with zero attached hydrogens (tertiary/aromatic N) is 3. The van der Waals surface area contributed by atoms with Gasteiger partial charge in [0.1, 0.15) is 5.60 Å². The van der Waals surface area contributed by atoms with Gasteiger partial charge in [0, 0.05) is 55.2 Å². The number of rotatable bonds is 5. The molecule has 2 saturated heterocycles. The fraction of sp³-hybridized carbons (Fsp3) is 0.576. The van der Waals surface area contributed by atoms with Crippen LogP contribution in [0, 0.1) is 11.3 Å². The third-order valence-corrected chi connectivity index (χ3v) is 8.70. The van der Waals surface area contributed by atoms with Crippen molar-refractivity contribution >= 4 is 35.2 Å². The fourth-order valence-electron chi connectivity index (χ4n) is 5.99. The Kier molecular flexibility index (Phi) is 9.98. The maximum atomic E-state index is 13.8. The highest BCUT2D eigenvalue weighted by Gasteiger charge is 2.41. The van der Waals surface area contributed by atoms with Gasteiger partial charge in [-0.2, -0.15) is 0 Å². The standard InChI is InChI=1S/C33H45Cl2N3O3/c1-32(2,3)28-22-37(30(24-7-11-26(34)12-8-24)25-9-13-27(35)14-10-25)19-20-38(28)29(39)21-23-15-17-36(18-16-23)31(40)41-33(4,5)6/h7-14,23,28,30H,15-22H2,1-6H3/t28-/m1/s1. The van der Waals surface area contributed by atoms with Crippen LogP contribution in [0.2, 0.25) is 10.0 Å². The number of piperidine rings is 1. The van der Waals surface area contributed by atoms with Crippen LogP contribution in [0.15, 0.2) is 48.5 Å². The van der Waals surface area contributed by atoms with Crippen molar-refractivity contribution in [2.24, 2.45) is 11.3 Å². The zero-order valence-electron chi connectivity index (χ0n) is 25.3. The maximum Gasteiger partial charge on any atom is 0.410 e. The van der Waals surface area contributed by atoms with E-state index >= 15 is 0 Å². The SMILES string of the molecule is CC(C)(C)OC(=O)N1CCC(CC(=O)N2CCN(C(c3ccc(Cl)cc3)c3ccc(Cl)cc3)C[C@@H]2C(C)(C)C)CC1. The lowest BCUT2D eigenvalue weighted by Crippen LogP contribution is -2.60. The van der Waals surface area contributed by atoms with Gasteiger partial charge >= 0.3 is 6.09 Å². The van der Waals surface area contributed by atoms with E-state index in [-0.39, 0.29) is 35.4 Å². The first-order chi connectivity index (χ1) is 19.2. The molecule has 0 spiro atoms. The molecule has 0 saturated carbocycles. The lowest BCUT2D eigenvalue weighted by Gasteiger charge is -2.50. The van der Waals surface area contributed by atoms with Crippen molar-refractivity contribution in [2.75, 3.05) is 32.7 Å². The van der Waals surface area contributed by atoms with E-state index in [1.165, 1.54) is 11.1 Å². The van der Waals surface area contributed by atoms with E-state index in [9.17, 15) is 9.59 Å². The Morgan fingerprint density at radius 1 is 0.829 bits per heavy atom. The Bertz CT molecular complexity index is 1130. The van der Waals surface area contributed by atoms with Crippen LogP contribution >= 0.6 is 23.2 Å². The molecule has 0 aliphatic carbocycles. The van der Waals surface area contributed by atoms with Gasteiger partial charge in [-0.15, -0.1) is 0 Å². The topological polar surface area (TPSA) is 53.1 Å². The van der Waals surface area contributed by atoms with Gasteiger partial charge in [0.15, 0.2) is 0 Å². The summed E-state index contributed by atoms with van der Waals surface area (Å²) < 4.78 is 5.54. The van der Waals surface area contributed by atoms with Crippen LogP contribution in [-0.4, -0.2) is 71.1 Å². The van der Waals surface area contributed by atoms with Crippen LogP contribution in [0.3, 0.4) is 0 Å². The summed E-state index contributed by atoms with van der Waals surface area (Å²) >= 11 is 12.5. The van der Waals surface area contributed by atoms with E-state index in [0.29, 0.717) is 36.1 Å². The highest BCUT2D eigenvalue weighted by atomic mass is 35.5. The number of carbonyl (C=O) groups is 2. The monoisotopic (exact) mass is 601 g/mol. The van der Waals surface area contributed by atoms with Gasteiger partial charge in [-0.1, -0.05) is 68.2 Å². The van der Waals surface area contributed by atoms with Gasteiger partial charge in [-0.05, 0) is 80.3 Å². The van der Waals surface area contributed by atoms with Crippen molar-refractivity contribution in [1.82, 2.24) is 14.7 Å². The number of piperazine rings is 1. The molecule has 2 fully saturated rings. The second-order valence-corrected chi connectivity index (χ2v) is 14.5. The number of likely N-dealkylation sites (tertiary alicyclic amines) is 1. The van der Waals surface area contributed by atoms with Crippen molar-refractivity contribution < 1.29 is 14.3 Å². The first-order valence-electron chi connectivity index (χ1n) is 14.7. The minimum atomic E-state index is -0.506. The van der Waals surface area contributed by atoms with E-state index in [2.05, 4.69) is 54.8 Å². The summed E-state index contributed by atoms with van der Waals surface area (Å²) in [6.07, 6.45) is 1.90. The summed E-state index contributed by atoms with van der Waals surface area (Å²) in [4.78, 5) is 32.7. The van der Waals surface area contributed by atoms with Crippen molar-refractivity contribution in [3.63, 3.8) is 0 Å². The molecule has 0 unspecified atom stereocenters. The van der Waals surface area contributed by atoms with Crippen LogP contribution in [0.5, 0.6) is 0 Å². The Labute approximate surface area is 255 Å². The molecule has 41 heavy (non-hydrogen) atoms. The molecule has 6 nitrogen and oxygen atoms in total. The normalized spacial score (nSPS) is 19.5. The molecule has 0 N–H and O–H groups in total. The summed E-state index contributed by atoms with van der Waals surface area (Å²) in [5.41, 5.74) is 1.73. The lowest BCUT2D eigenvalue weighted by molar-refractivity contribution is -0.141. The number of halogens is 2. The summed E-state index contributed by atoms with van der Waals surface area (Å²) in [5, 5.41) is 1.42. The molecule has 224 valence electrons. The average Bonchev–Trinajstić information content (AvgIpc) is 2.90. The number of ether oxygens (including phenoxy) is 1. The van der Waals surface area contributed by atoms with Gasteiger partial charge < -0.3 is 14.5 Å². The highest BCUT2D eigenvalue weighted by Crippen LogP contribution is 2.36. The highest BCUT2D eigenvalue weighted by molar-refractivity contribution is 6.30. The van der Waals surface area contributed by atoms with Gasteiger partial charge in [0.2, 0.25) is 5.91 Å². The first-order valence-corrected chi connectivity index (χ1v) is 15.5. The van der Waals surface area contributed by atoms with Crippen LogP contribution in [0.1, 0.15) is 78.0 Å². The molecule has 4 rings (SSSR count). The van der Waals surface area contributed by atoms with Crippen molar-refractivity contribution in [2.45, 2.75) is 78.5 Å². The Morgan fingerprint density at radius 3 is 1.80 bits per heavy atom. The van der Waals surface area contributed by atoms with Crippen molar-refractivity contribution in [3.05, 3.63) is 69.7 Å². The number of benzene rings is 2. The number of hydrogen-bond acceptors (Lipinski definition) is 4. The predicted molar refractivity (Wildman–Crippen MR) is 166 cm³/mol. The molecule has 0 aromatic heterocycles. The van der Waals surface area contributed by atoms with Gasteiger partial charge in [-0.3, -0.25) is 9.69 Å². The Hall–Kier alpha value is -2.28. The van der Waals surface area contributed by atoms with Gasteiger partial charge in [-0.25, -0.2) is 4.79 Å². The fourth-order valence-corrected chi connectivity index (χ4v) is 6.24. The van der Waals surface area contributed by atoms with E-state index < -0.39 is 5.60 Å². The molecule has 2 amide bonds. The van der Waals surface area contributed by atoms with E-state index in [0.717, 1.165) is 25.9 Å². The zero-order chi connectivity index (χ0) is 29.9. The van der Waals surface area contributed by atoms with Crippen LogP contribution in [0.4, 0.5) is 4.79 Å². The van der Waals surface area contributed by atoms with Crippen molar-refractivity contribution in [1.29, 1.82) is 0 Å². The molecule has 2 aromatic carbocycles. The molecular weight excluding hydrogens is 557 g/mol. The van der Waals surface area contributed by atoms with Crippen LogP contribution in [-0.2, 0) is 9.53 Å². The molecule has 2 heterocycles. The van der Waals surface area contributed by atoms with E-state index in [1.807, 2.05) is 45.0 Å². The molecule has 2 aromatic rings. The first kappa shape index (κ1) is 31.7. The predicted octanol–water partition coefficient (Wildman–Crippen LogP) is 7.68. The second-order valence-electron chi connectivity index (χ2n) is 13.6. The van der Waals surface area contributed by atoms with Crippen LogP contribution < -0.4 is 0 Å². The number of amides is 2. The van der Waals surface area contributed by atoms with E-state index in [1.54, 1.807) is 4.90 Å². The van der Waals surface area contributed by atoms with Gasteiger partial charge in [0.25, 0.3) is 0 Å². The average molecular weight is 603 g/mol. The molecular formula is C33H45Cl2N3O3. The quantitative estimate of drug-likeness (QED) is 0.352.